The van der Waals surface area contributed by atoms with Crippen molar-refractivity contribution in [3.05, 3.63) is 53.2 Å². The summed E-state index contributed by atoms with van der Waals surface area (Å²) < 4.78 is 13.9. The van der Waals surface area contributed by atoms with Crippen LogP contribution < -0.4 is 5.32 Å². The predicted molar refractivity (Wildman–Crippen MR) is 71.1 cm³/mol. The third-order valence-electron chi connectivity index (χ3n) is 2.86. The highest BCUT2D eigenvalue weighted by Crippen LogP contribution is 2.14. The second-order valence-electron chi connectivity index (χ2n) is 4.16. The molecule has 0 saturated carbocycles. The summed E-state index contributed by atoms with van der Waals surface area (Å²) >= 11 is 0. The van der Waals surface area contributed by atoms with E-state index in [0.29, 0.717) is 18.7 Å². The Labute approximate surface area is 111 Å². The molecule has 1 aromatic heterocycles. The smallest absolute Gasteiger partial charge is 0.186 e. The van der Waals surface area contributed by atoms with Gasteiger partial charge in [-0.25, -0.2) is 14.4 Å². The number of halogens is 1. The van der Waals surface area contributed by atoms with Crippen molar-refractivity contribution in [1.82, 2.24) is 9.97 Å². The van der Waals surface area contributed by atoms with Gasteiger partial charge < -0.3 is 10.4 Å². The molecule has 0 aliphatic heterocycles. The monoisotopic (exact) mass is 261 g/mol. The molecule has 0 atom stereocenters. The molecule has 1 aromatic carbocycles. The Kier molecular flexibility index (Phi) is 4.41. The fraction of sp³-hybridized carbons (Fsp3) is 0.286. The molecule has 19 heavy (non-hydrogen) atoms. The van der Waals surface area contributed by atoms with E-state index in [1.807, 2.05) is 31.2 Å². The second-order valence-corrected chi connectivity index (χ2v) is 4.16. The predicted octanol–water partition coefficient (Wildman–Crippen LogP) is 2.28. The summed E-state index contributed by atoms with van der Waals surface area (Å²) in [6.45, 7) is 2.35. The number of hydrogen-bond acceptors (Lipinski definition) is 4. The summed E-state index contributed by atoms with van der Waals surface area (Å²) in [5.74, 6) is -0.171. The van der Waals surface area contributed by atoms with Crippen molar-refractivity contribution in [2.75, 3.05) is 5.32 Å². The Bertz CT molecular complexity index is 543. The quantitative estimate of drug-likeness (QED) is 0.867. The van der Waals surface area contributed by atoms with Crippen LogP contribution in [0.5, 0.6) is 0 Å². The first-order valence-electron chi connectivity index (χ1n) is 6.16. The molecule has 0 spiro atoms. The number of anilines is 1. The molecule has 0 bridgehead atoms. The van der Waals surface area contributed by atoms with Crippen molar-refractivity contribution in [3.63, 3.8) is 0 Å². The van der Waals surface area contributed by atoms with Gasteiger partial charge in [0.25, 0.3) is 0 Å². The standard InChI is InChI=1S/C14H16FN3O/c1-2-12-13(15)14(18-9-17-12)16-7-10-3-5-11(8-19)6-4-10/h3-6,9,19H,2,7-8H2,1H3,(H,16,17,18). The lowest BCUT2D eigenvalue weighted by Crippen LogP contribution is -2.06. The highest BCUT2D eigenvalue weighted by atomic mass is 19.1. The van der Waals surface area contributed by atoms with E-state index in [1.165, 1.54) is 6.33 Å². The van der Waals surface area contributed by atoms with Gasteiger partial charge >= 0.3 is 0 Å². The van der Waals surface area contributed by atoms with E-state index in [0.717, 1.165) is 11.1 Å². The highest BCUT2D eigenvalue weighted by Gasteiger charge is 2.08. The van der Waals surface area contributed by atoms with Gasteiger partial charge in [0, 0.05) is 6.54 Å². The first-order chi connectivity index (χ1) is 9.24. The van der Waals surface area contributed by atoms with Gasteiger partial charge in [0.1, 0.15) is 6.33 Å². The summed E-state index contributed by atoms with van der Waals surface area (Å²) in [5, 5.41) is 11.9. The Hall–Kier alpha value is -2.01. The van der Waals surface area contributed by atoms with Crippen LogP contribution in [0.1, 0.15) is 23.7 Å². The van der Waals surface area contributed by atoms with Crippen molar-refractivity contribution in [2.24, 2.45) is 0 Å². The summed E-state index contributed by atoms with van der Waals surface area (Å²) in [5.41, 5.74) is 2.26. The third-order valence-corrected chi connectivity index (χ3v) is 2.86. The molecule has 1 heterocycles. The molecule has 0 amide bonds. The second kappa shape index (κ2) is 6.24. The number of aliphatic hydroxyl groups excluding tert-OH is 1. The third kappa shape index (κ3) is 3.26. The van der Waals surface area contributed by atoms with Gasteiger partial charge in [0.15, 0.2) is 11.6 Å². The molecule has 0 fully saturated rings. The van der Waals surface area contributed by atoms with Crippen molar-refractivity contribution in [1.29, 1.82) is 0 Å². The number of rotatable bonds is 5. The number of nitrogens with zero attached hydrogens (tertiary/aromatic N) is 2. The van der Waals surface area contributed by atoms with Gasteiger partial charge in [-0.1, -0.05) is 31.2 Å². The van der Waals surface area contributed by atoms with Crippen LogP contribution in [0.25, 0.3) is 0 Å². The maximum Gasteiger partial charge on any atom is 0.186 e. The molecule has 0 aliphatic carbocycles. The lowest BCUT2D eigenvalue weighted by Gasteiger charge is -2.08. The van der Waals surface area contributed by atoms with E-state index < -0.39 is 5.82 Å². The van der Waals surface area contributed by atoms with E-state index in [9.17, 15) is 4.39 Å². The van der Waals surface area contributed by atoms with Crippen molar-refractivity contribution < 1.29 is 9.50 Å². The normalized spacial score (nSPS) is 10.5. The van der Waals surface area contributed by atoms with Gasteiger partial charge in [0.2, 0.25) is 0 Å². The fourth-order valence-corrected chi connectivity index (χ4v) is 1.72. The summed E-state index contributed by atoms with van der Waals surface area (Å²) in [4.78, 5) is 7.78. The van der Waals surface area contributed by atoms with E-state index in [-0.39, 0.29) is 12.4 Å². The van der Waals surface area contributed by atoms with E-state index in [4.69, 9.17) is 5.11 Å². The van der Waals surface area contributed by atoms with Crippen molar-refractivity contribution >= 4 is 5.82 Å². The average molecular weight is 261 g/mol. The number of hydrogen-bond donors (Lipinski definition) is 2. The largest absolute Gasteiger partial charge is 0.392 e. The Morgan fingerprint density at radius 2 is 1.84 bits per heavy atom. The molecule has 100 valence electrons. The zero-order valence-corrected chi connectivity index (χ0v) is 10.7. The van der Waals surface area contributed by atoms with Crippen LogP contribution in [0.15, 0.2) is 30.6 Å². The number of aromatic nitrogens is 2. The minimum absolute atomic E-state index is 0.0219. The minimum atomic E-state index is -0.392. The molecule has 0 saturated heterocycles. The Balaban J connectivity index is 2.05. The van der Waals surface area contributed by atoms with Crippen LogP contribution in [0, 0.1) is 5.82 Å². The average Bonchev–Trinajstić information content (AvgIpc) is 2.47. The van der Waals surface area contributed by atoms with Crippen LogP contribution >= 0.6 is 0 Å². The highest BCUT2D eigenvalue weighted by molar-refractivity contribution is 5.38. The lowest BCUT2D eigenvalue weighted by molar-refractivity contribution is 0.282. The van der Waals surface area contributed by atoms with Crippen molar-refractivity contribution in [2.45, 2.75) is 26.5 Å². The molecule has 0 radical (unpaired) electrons. The van der Waals surface area contributed by atoms with Crippen molar-refractivity contribution in [3.8, 4) is 0 Å². The van der Waals surface area contributed by atoms with Gasteiger partial charge in [-0.3, -0.25) is 0 Å². The SMILES string of the molecule is CCc1ncnc(NCc2ccc(CO)cc2)c1F. The first-order valence-corrected chi connectivity index (χ1v) is 6.16. The molecule has 4 nitrogen and oxygen atoms in total. The van der Waals surface area contributed by atoms with E-state index in [2.05, 4.69) is 15.3 Å². The van der Waals surface area contributed by atoms with Crippen LogP contribution in [0.4, 0.5) is 10.2 Å². The molecule has 2 rings (SSSR count). The number of benzene rings is 1. The van der Waals surface area contributed by atoms with Crippen LogP contribution in [-0.4, -0.2) is 15.1 Å². The zero-order chi connectivity index (χ0) is 13.7. The lowest BCUT2D eigenvalue weighted by atomic mass is 10.1. The number of aryl methyl sites for hydroxylation is 1. The molecule has 0 aliphatic rings. The summed E-state index contributed by atoms with van der Waals surface area (Å²) in [7, 11) is 0. The van der Waals surface area contributed by atoms with Crippen LogP contribution in [-0.2, 0) is 19.6 Å². The summed E-state index contributed by atoms with van der Waals surface area (Å²) in [6, 6.07) is 7.45. The fourth-order valence-electron chi connectivity index (χ4n) is 1.72. The molecule has 2 N–H and O–H groups in total. The van der Waals surface area contributed by atoms with Gasteiger partial charge in [-0.05, 0) is 17.5 Å². The minimum Gasteiger partial charge on any atom is -0.392 e. The Morgan fingerprint density at radius 3 is 2.47 bits per heavy atom. The van der Waals surface area contributed by atoms with E-state index >= 15 is 0 Å². The Morgan fingerprint density at radius 1 is 1.16 bits per heavy atom. The molecule has 5 heteroatoms. The summed E-state index contributed by atoms with van der Waals surface area (Å²) in [6.07, 6.45) is 1.90. The zero-order valence-electron chi connectivity index (χ0n) is 10.7. The van der Waals surface area contributed by atoms with Crippen LogP contribution in [0.2, 0.25) is 0 Å². The maximum absolute atomic E-state index is 13.9. The number of nitrogens with one attached hydrogen (secondary N) is 1. The molecule has 2 aromatic rings. The topological polar surface area (TPSA) is 58.0 Å². The van der Waals surface area contributed by atoms with E-state index in [1.54, 1.807) is 0 Å². The number of aliphatic hydroxyl groups is 1. The first kappa shape index (κ1) is 13.4. The molecular weight excluding hydrogens is 245 g/mol. The van der Waals surface area contributed by atoms with Gasteiger partial charge in [0.05, 0.1) is 12.3 Å². The molecular formula is C14H16FN3O. The van der Waals surface area contributed by atoms with Crippen LogP contribution in [0.3, 0.4) is 0 Å². The van der Waals surface area contributed by atoms with Gasteiger partial charge in [-0.15, -0.1) is 0 Å². The maximum atomic E-state index is 13.9. The van der Waals surface area contributed by atoms with Gasteiger partial charge in [-0.2, -0.15) is 0 Å². The molecule has 0 unspecified atom stereocenters.